The molecule has 0 atom stereocenters. The Kier molecular flexibility index (Phi) is 5.36. The molecule has 0 unspecified atom stereocenters. The molecule has 20 heavy (non-hydrogen) atoms. The van der Waals surface area contributed by atoms with E-state index in [4.69, 9.17) is 0 Å². The van der Waals surface area contributed by atoms with Crippen LogP contribution in [0.3, 0.4) is 0 Å². The zero-order valence-corrected chi connectivity index (χ0v) is 11.8. The number of aryl methyl sites for hydroxylation is 1. The monoisotopic (exact) mass is 268 g/mol. The summed E-state index contributed by atoms with van der Waals surface area (Å²) in [6, 6.07) is 19.0. The van der Waals surface area contributed by atoms with E-state index in [1.165, 1.54) is 23.8 Å². The van der Waals surface area contributed by atoms with Gasteiger partial charge in [-0.2, -0.15) is 0 Å². The van der Waals surface area contributed by atoms with Crippen molar-refractivity contribution in [1.82, 2.24) is 0 Å². The predicted molar refractivity (Wildman–Crippen MR) is 81.4 cm³/mol. The van der Waals surface area contributed by atoms with Crippen molar-refractivity contribution in [2.24, 2.45) is 0 Å². The summed E-state index contributed by atoms with van der Waals surface area (Å²) >= 11 is 0. The Balaban J connectivity index is 1.85. The minimum Gasteiger partial charge on any atom is -0.469 e. The number of methoxy groups -OCH3 is 1. The van der Waals surface area contributed by atoms with Crippen LogP contribution in [0.15, 0.2) is 54.6 Å². The van der Waals surface area contributed by atoms with Crippen molar-refractivity contribution in [1.29, 1.82) is 0 Å². The minimum atomic E-state index is -0.121. The average molecular weight is 268 g/mol. The van der Waals surface area contributed by atoms with Crippen LogP contribution in [-0.4, -0.2) is 13.1 Å². The van der Waals surface area contributed by atoms with Crippen LogP contribution in [0.4, 0.5) is 0 Å². The molecule has 0 aliphatic heterocycles. The van der Waals surface area contributed by atoms with Gasteiger partial charge in [0.05, 0.1) is 7.11 Å². The quantitative estimate of drug-likeness (QED) is 0.578. The Hall–Kier alpha value is -2.09. The van der Waals surface area contributed by atoms with E-state index in [-0.39, 0.29) is 5.97 Å². The Morgan fingerprint density at radius 1 is 0.900 bits per heavy atom. The van der Waals surface area contributed by atoms with E-state index in [0.717, 1.165) is 19.3 Å². The summed E-state index contributed by atoms with van der Waals surface area (Å²) in [7, 11) is 1.44. The predicted octanol–water partition coefficient (Wildman–Crippen LogP) is 4.24. The maximum atomic E-state index is 11.0. The first-order chi connectivity index (χ1) is 9.79. The number of rotatable bonds is 6. The third kappa shape index (κ3) is 4.23. The fraction of sp³-hybridized carbons (Fsp3) is 0.278. The van der Waals surface area contributed by atoms with Gasteiger partial charge in [0.25, 0.3) is 0 Å². The molecule has 0 N–H and O–H groups in total. The van der Waals surface area contributed by atoms with Gasteiger partial charge < -0.3 is 4.74 Å². The number of carbonyl (C=O) groups excluding carboxylic acids is 1. The number of hydrogen-bond acceptors (Lipinski definition) is 2. The molecule has 0 spiro atoms. The maximum Gasteiger partial charge on any atom is 0.305 e. The van der Waals surface area contributed by atoms with Gasteiger partial charge in [0.1, 0.15) is 0 Å². The summed E-state index contributed by atoms with van der Waals surface area (Å²) in [5.41, 5.74) is 3.79. The van der Waals surface area contributed by atoms with E-state index in [1.807, 2.05) is 6.07 Å². The molecule has 2 rings (SSSR count). The second kappa shape index (κ2) is 7.49. The van der Waals surface area contributed by atoms with Gasteiger partial charge in [0, 0.05) is 6.42 Å². The van der Waals surface area contributed by atoms with E-state index in [0.29, 0.717) is 6.42 Å². The van der Waals surface area contributed by atoms with Crippen LogP contribution in [-0.2, 0) is 16.0 Å². The van der Waals surface area contributed by atoms with Crippen molar-refractivity contribution in [3.63, 3.8) is 0 Å². The Morgan fingerprint density at radius 3 is 2.20 bits per heavy atom. The van der Waals surface area contributed by atoms with Crippen LogP contribution in [0.2, 0.25) is 0 Å². The van der Waals surface area contributed by atoms with E-state index in [1.54, 1.807) is 0 Å². The van der Waals surface area contributed by atoms with E-state index in [9.17, 15) is 4.79 Å². The third-order valence-electron chi connectivity index (χ3n) is 3.39. The van der Waals surface area contributed by atoms with E-state index in [2.05, 4.69) is 53.3 Å². The molecule has 0 amide bonds. The summed E-state index contributed by atoms with van der Waals surface area (Å²) < 4.78 is 4.63. The lowest BCUT2D eigenvalue weighted by atomic mass is 10.0. The van der Waals surface area contributed by atoms with Gasteiger partial charge in [-0.15, -0.1) is 0 Å². The highest BCUT2D eigenvalue weighted by atomic mass is 16.5. The topological polar surface area (TPSA) is 26.3 Å². The maximum absolute atomic E-state index is 11.0. The van der Waals surface area contributed by atoms with Crippen molar-refractivity contribution < 1.29 is 9.53 Å². The number of carbonyl (C=O) groups is 1. The van der Waals surface area contributed by atoms with Crippen LogP contribution in [0, 0.1) is 0 Å². The highest BCUT2D eigenvalue weighted by Crippen LogP contribution is 2.19. The highest BCUT2D eigenvalue weighted by molar-refractivity contribution is 5.69. The van der Waals surface area contributed by atoms with E-state index >= 15 is 0 Å². The zero-order chi connectivity index (χ0) is 14.2. The standard InChI is InChI=1S/C18H20O2/c1-20-18(19)10-6-5-7-15-11-13-17(14-12-15)16-8-3-2-4-9-16/h2-4,8-9,11-14H,5-7,10H2,1H3. The smallest absolute Gasteiger partial charge is 0.305 e. The fourth-order valence-electron chi connectivity index (χ4n) is 2.19. The first-order valence-electron chi connectivity index (χ1n) is 7.01. The highest BCUT2D eigenvalue weighted by Gasteiger charge is 2.01. The SMILES string of the molecule is COC(=O)CCCCc1ccc(-c2ccccc2)cc1. The third-order valence-corrected chi connectivity index (χ3v) is 3.39. The summed E-state index contributed by atoms with van der Waals surface area (Å²) in [6.45, 7) is 0. The molecule has 2 aromatic carbocycles. The lowest BCUT2D eigenvalue weighted by Gasteiger charge is -2.04. The molecule has 2 heteroatoms. The Labute approximate surface area is 120 Å². The molecule has 0 radical (unpaired) electrons. The molecule has 0 aromatic heterocycles. The fourth-order valence-corrected chi connectivity index (χ4v) is 2.19. The Morgan fingerprint density at radius 2 is 1.55 bits per heavy atom. The molecular weight excluding hydrogens is 248 g/mol. The lowest BCUT2D eigenvalue weighted by Crippen LogP contribution is -1.99. The van der Waals surface area contributed by atoms with Gasteiger partial charge in [0.2, 0.25) is 0 Å². The number of hydrogen-bond donors (Lipinski definition) is 0. The summed E-state index contributed by atoms with van der Waals surface area (Å²) in [5, 5.41) is 0. The molecule has 104 valence electrons. The molecule has 0 saturated heterocycles. The average Bonchev–Trinajstić information content (AvgIpc) is 2.52. The lowest BCUT2D eigenvalue weighted by molar-refractivity contribution is -0.140. The summed E-state index contributed by atoms with van der Waals surface area (Å²) in [4.78, 5) is 11.0. The van der Waals surface area contributed by atoms with Gasteiger partial charge in [-0.3, -0.25) is 4.79 Å². The number of esters is 1. The number of benzene rings is 2. The van der Waals surface area contributed by atoms with Crippen molar-refractivity contribution in [2.45, 2.75) is 25.7 Å². The van der Waals surface area contributed by atoms with Crippen molar-refractivity contribution >= 4 is 5.97 Å². The first kappa shape index (κ1) is 14.3. The van der Waals surface area contributed by atoms with Crippen LogP contribution in [0.25, 0.3) is 11.1 Å². The van der Waals surface area contributed by atoms with Crippen molar-refractivity contribution in [2.75, 3.05) is 7.11 Å². The van der Waals surface area contributed by atoms with Crippen molar-refractivity contribution in [3.05, 3.63) is 60.2 Å². The van der Waals surface area contributed by atoms with E-state index < -0.39 is 0 Å². The van der Waals surface area contributed by atoms with Gasteiger partial charge in [-0.1, -0.05) is 54.6 Å². The second-order valence-electron chi connectivity index (χ2n) is 4.85. The number of unbranched alkanes of at least 4 members (excludes halogenated alkanes) is 1. The zero-order valence-electron chi connectivity index (χ0n) is 11.8. The molecule has 2 nitrogen and oxygen atoms in total. The number of ether oxygens (including phenoxy) is 1. The molecule has 0 heterocycles. The molecule has 0 bridgehead atoms. The van der Waals surface area contributed by atoms with Gasteiger partial charge in [-0.25, -0.2) is 0 Å². The first-order valence-corrected chi connectivity index (χ1v) is 7.01. The normalized spacial score (nSPS) is 10.2. The van der Waals surface area contributed by atoms with Gasteiger partial charge in [-0.05, 0) is 36.0 Å². The summed E-state index contributed by atoms with van der Waals surface area (Å²) in [5.74, 6) is -0.121. The summed E-state index contributed by atoms with van der Waals surface area (Å²) in [6.07, 6.45) is 3.41. The molecule has 2 aromatic rings. The molecule has 0 aliphatic rings. The van der Waals surface area contributed by atoms with Crippen LogP contribution in [0.5, 0.6) is 0 Å². The largest absolute Gasteiger partial charge is 0.469 e. The van der Waals surface area contributed by atoms with Gasteiger partial charge in [0.15, 0.2) is 0 Å². The van der Waals surface area contributed by atoms with Crippen LogP contribution in [0.1, 0.15) is 24.8 Å². The molecular formula is C18H20O2. The van der Waals surface area contributed by atoms with Crippen LogP contribution >= 0.6 is 0 Å². The minimum absolute atomic E-state index is 0.121. The van der Waals surface area contributed by atoms with Gasteiger partial charge >= 0.3 is 5.97 Å². The molecule has 0 fully saturated rings. The van der Waals surface area contributed by atoms with Crippen molar-refractivity contribution in [3.8, 4) is 11.1 Å². The molecule has 0 aliphatic carbocycles. The van der Waals surface area contributed by atoms with Crippen LogP contribution < -0.4 is 0 Å². The molecule has 0 saturated carbocycles. The Bertz CT molecular complexity index is 529. The second-order valence-corrected chi connectivity index (χ2v) is 4.85.